The van der Waals surface area contributed by atoms with Crippen molar-refractivity contribution in [3.63, 3.8) is 0 Å². The Kier molecular flexibility index (Phi) is 3.98. The summed E-state index contributed by atoms with van der Waals surface area (Å²) in [7, 11) is 4.79. The Morgan fingerprint density at radius 3 is 2.39 bits per heavy atom. The lowest BCUT2D eigenvalue weighted by atomic mass is 10.2. The van der Waals surface area contributed by atoms with Crippen molar-refractivity contribution in [3.05, 3.63) is 18.2 Å². The highest BCUT2D eigenvalue weighted by atomic mass is 16.3. The smallest absolute Gasteiger partial charge is 0.204 e. The molecule has 18 heavy (non-hydrogen) atoms. The molecular weight excluding hydrogens is 234 g/mol. The molecule has 5 N–H and O–H groups in total. The number of nitrogens with zero attached hydrogens (tertiary/aromatic N) is 3. The second kappa shape index (κ2) is 5.26. The van der Waals surface area contributed by atoms with Crippen molar-refractivity contribution in [2.45, 2.75) is 0 Å². The number of anilines is 1. The van der Waals surface area contributed by atoms with Crippen LogP contribution in [-0.4, -0.2) is 48.2 Å². The van der Waals surface area contributed by atoms with Gasteiger partial charge in [-0.1, -0.05) is 0 Å². The molecule has 98 valence electrons. The van der Waals surface area contributed by atoms with E-state index in [4.69, 9.17) is 11.1 Å². The number of nitrogens with one attached hydrogen (secondary N) is 1. The Balaban J connectivity index is 2.96. The SMILES string of the molecule is CN=C(N)N(C)C(=N)N(C)c1ccc(O)c(O)c1. The van der Waals surface area contributed by atoms with Crippen molar-refractivity contribution < 1.29 is 10.2 Å². The van der Waals surface area contributed by atoms with Crippen LogP contribution in [0.4, 0.5) is 5.69 Å². The van der Waals surface area contributed by atoms with E-state index in [1.807, 2.05) is 0 Å². The molecule has 0 unspecified atom stereocenters. The standard InChI is InChI=1S/C11H17N5O2/c1-14-10(12)16(3)11(13)15(2)7-4-5-8(17)9(18)6-7/h4-6,13,17-18H,1-3H3,(H2,12,14). The number of phenols is 2. The van der Waals surface area contributed by atoms with Crippen LogP contribution >= 0.6 is 0 Å². The predicted octanol–water partition coefficient (Wildman–Crippen LogP) is 0.345. The maximum absolute atomic E-state index is 9.42. The molecule has 0 heterocycles. The molecule has 0 saturated carbocycles. The summed E-state index contributed by atoms with van der Waals surface area (Å²) in [5, 5.41) is 26.6. The molecule has 0 radical (unpaired) electrons. The van der Waals surface area contributed by atoms with Gasteiger partial charge in [0.05, 0.1) is 0 Å². The monoisotopic (exact) mass is 251 g/mol. The highest BCUT2D eigenvalue weighted by Gasteiger charge is 2.15. The molecule has 0 fully saturated rings. The Morgan fingerprint density at radius 2 is 1.89 bits per heavy atom. The minimum Gasteiger partial charge on any atom is -0.504 e. The van der Waals surface area contributed by atoms with Gasteiger partial charge in [-0.25, -0.2) is 0 Å². The van der Waals surface area contributed by atoms with Crippen LogP contribution in [0.2, 0.25) is 0 Å². The van der Waals surface area contributed by atoms with Crippen molar-refractivity contribution in [2.75, 3.05) is 26.0 Å². The van der Waals surface area contributed by atoms with E-state index in [0.29, 0.717) is 5.69 Å². The topological polar surface area (TPSA) is 109 Å². The summed E-state index contributed by atoms with van der Waals surface area (Å²) in [6.07, 6.45) is 0. The highest BCUT2D eigenvalue weighted by Crippen LogP contribution is 2.29. The quantitative estimate of drug-likeness (QED) is 0.327. The van der Waals surface area contributed by atoms with E-state index in [-0.39, 0.29) is 23.4 Å². The number of benzene rings is 1. The molecule has 7 nitrogen and oxygen atoms in total. The molecule has 7 heteroatoms. The van der Waals surface area contributed by atoms with Crippen molar-refractivity contribution in [2.24, 2.45) is 10.7 Å². The van der Waals surface area contributed by atoms with Gasteiger partial charge in [0.15, 0.2) is 17.5 Å². The normalized spacial score (nSPS) is 11.2. The largest absolute Gasteiger partial charge is 0.504 e. The lowest BCUT2D eigenvalue weighted by molar-refractivity contribution is 0.404. The lowest BCUT2D eigenvalue weighted by Gasteiger charge is -2.27. The van der Waals surface area contributed by atoms with Gasteiger partial charge in [0.2, 0.25) is 5.96 Å². The van der Waals surface area contributed by atoms with Crippen LogP contribution in [-0.2, 0) is 0 Å². The molecule has 1 rings (SSSR count). The zero-order valence-electron chi connectivity index (χ0n) is 10.5. The third kappa shape index (κ3) is 2.62. The van der Waals surface area contributed by atoms with Crippen molar-refractivity contribution in [3.8, 4) is 11.5 Å². The summed E-state index contributed by atoms with van der Waals surface area (Å²) in [5.41, 5.74) is 6.15. The first kappa shape index (κ1) is 13.6. The Labute approximate surface area is 105 Å². The molecule has 0 aliphatic heterocycles. The molecule has 0 spiro atoms. The van der Waals surface area contributed by atoms with Gasteiger partial charge < -0.3 is 20.8 Å². The van der Waals surface area contributed by atoms with Crippen LogP contribution in [0.5, 0.6) is 11.5 Å². The van der Waals surface area contributed by atoms with E-state index >= 15 is 0 Å². The first-order valence-corrected chi connectivity index (χ1v) is 5.18. The molecular formula is C11H17N5O2. The maximum Gasteiger partial charge on any atom is 0.204 e. The summed E-state index contributed by atoms with van der Waals surface area (Å²) in [6, 6.07) is 4.29. The van der Waals surface area contributed by atoms with Gasteiger partial charge in [-0.3, -0.25) is 15.3 Å². The number of aliphatic imine (C=N–C) groups is 1. The van der Waals surface area contributed by atoms with Gasteiger partial charge in [-0.05, 0) is 12.1 Å². The van der Waals surface area contributed by atoms with E-state index in [2.05, 4.69) is 4.99 Å². The first-order valence-electron chi connectivity index (χ1n) is 5.18. The summed E-state index contributed by atoms with van der Waals surface area (Å²) in [6.45, 7) is 0. The minimum absolute atomic E-state index is 0.0863. The number of guanidine groups is 2. The minimum atomic E-state index is -0.244. The van der Waals surface area contributed by atoms with Crippen molar-refractivity contribution in [1.82, 2.24) is 4.90 Å². The Bertz CT molecular complexity index is 486. The number of rotatable bonds is 1. The molecule has 0 atom stereocenters. The van der Waals surface area contributed by atoms with Gasteiger partial charge in [0.25, 0.3) is 0 Å². The number of phenolic OH excluding ortho intramolecular Hbond substituents is 2. The average Bonchev–Trinajstić information content (AvgIpc) is 2.38. The Hall–Kier alpha value is -2.44. The summed E-state index contributed by atoms with van der Waals surface area (Å²) in [5.74, 6) is -0.161. The molecule has 1 aromatic rings. The Morgan fingerprint density at radius 1 is 1.28 bits per heavy atom. The van der Waals surface area contributed by atoms with E-state index in [1.54, 1.807) is 20.2 Å². The molecule has 0 bridgehead atoms. The van der Waals surface area contributed by atoms with E-state index in [9.17, 15) is 10.2 Å². The van der Waals surface area contributed by atoms with E-state index in [1.165, 1.54) is 29.0 Å². The zero-order chi connectivity index (χ0) is 13.9. The molecule has 0 aromatic heterocycles. The third-order valence-electron chi connectivity index (χ3n) is 2.55. The van der Waals surface area contributed by atoms with Gasteiger partial charge in [-0.15, -0.1) is 0 Å². The lowest BCUT2D eigenvalue weighted by Crippen LogP contribution is -2.46. The van der Waals surface area contributed by atoms with Gasteiger partial charge >= 0.3 is 0 Å². The summed E-state index contributed by atoms with van der Waals surface area (Å²) < 4.78 is 0. The predicted molar refractivity (Wildman–Crippen MR) is 71.2 cm³/mol. The number of aromatic hydroxyl groups is 2. The number of hydrogen-bond acceptors (Lipinski definition) is 4. The molecule has 0 saturated heterocycles. The number of nitrogens with two attached hydrogens (primary N) is 1. The number of hydrogen-bond donors (Lipinski definition) is 4. The molecule has 0 aliphatic rings. The van der Waals surface area contributed by atoms with E-state index in [0.717, 1.165) is 0 Å². The summed E-state index contributed by atoms with van der Waals surface area (Å²) >= 11 is 0. The van der Waals surface area contributed by atoms with Crippen LogP contribution in [0.1, 0.15) is 0 Å². The zero-order valence-corrected chi connectivity index (χ0v) is 10.5. The molecule has 1 aromatic carbocycles. The fraction of sp³-hybridized carbons (Fsp3) is 0.273. The van der Waals surface area contributed by atoms with Crippen LogP contribution in [0.15, 0.2) is 23.2 Å². The van der Waals surface area contributed by atoms with Crippen LogP contribution in [0.25, 0.3) is 0 Å². The maximum atomic E-state index is 9.42. The fourth-order valence-corrected chi connectivity index (χ4v) is 1.33. The van der Waals surface area contributed by atoms with Crippen LogP contribution in [0, 0.1) is 5.41 Å². The fourth-order valence-electron chi connectivity index (χ4n) is 1.33. The van der Waals surface area contributed by atoms with Crippen molar-refractivity contribution >= 4 is 17.6 Å². The van der Waals surface area contributed by atoms with Crippen LogP contribution < -0.4 is 10.6 Å². The first-order chi connectivity index (χ1) is 8.38. The second-order valence-corrected chi connectivity index (χ2v) is 3.70. The van der Waals surface area contributed by atoms with Crippen molar-refractivity contribution in [1.29, 1.82) is 5.41 Å². The van der Waals surface area contributed by atoms with Gasteiger partial charge in [-0.2, -0.15) is 0 Å². The van der Waals surface area contributed by atoms with Crippen LogP contribution in [0.3, 0.4) is 0 Å². The average molecular weight is 251 g/mol. The summed E-state index contributed by atoms with van der Waals surface area (Å²) in [4.78, 5) is 6.67. The van der Waals surface area contributed by atoms with E-state index < -0.39 is 0 Å². The molecule has 0 aliphatic carbocycles. The van der Waals surface area contributed by atoms with Gasteiger partial charge in [0, 0.05) is 32.9 Å². The highest BCUT2D eigenvalue weighted by molar-refractivity contribution is 6.04. The molecule has 0 amide bonds. The van der Waals surface area contributed by atoms with Gasteiger partial charge in [0.1, 0.15) is 0 Å². The third-order valence-corrected chi connectivity index (χ3v) is 2.55. The second-order valence-electron chi connectivity index (χ2n) is 3.70.